The SMILES string of the molecule is COc1cc(C=O)c(OCc2ccnc(N)c2C=N)cn1. The van der Waals surface area contributed by atoms with Crippen LogP contribution < -0.4 is 15.2 Å². The van der Waals surface area contributed by atoms with E-state index in [2.05, 4.69) is 9.97 Å². The zero-order valence-electron chi connectivity index (χ0n) is 11.4. The molecule has 0 saturated heterocycles. The maximum absolute atomic E-state index is 11.1. The Morgan fingerprint density at radius 3 is 2.90 bits per heavy atom. The molecular formula is C14H14N4O3. The molecule has 108 valence electrons. The lowest BCUT2D eigenvalue weighted by Gasteiger charge is -2.11. The fourth-order valence-electron chi connectivity index (χ4n) is 1.74. The van der Waals surface area contributed by atoms with Crippen molar-refractivity contribution >= 4 is 18.3 Å². The van der Waals surface area contributed by atoms with Gasteiger partial charge in [0.15, 0.2) is 6.29 Å². The topological polar surface area (TPSA) is 111 Å². The molecule has 0 amide bonds. The highest BCUT2D eigenvalue weighted by molar-refractivity contribution is 5.85. The van der Waals surface area contributed by atoms with E-state index in [9.17, 15) is 4.79 Å². The minimum Gasteiger partial charge on any atom is -0.487 e. The van der Waals surface area contributed by atoms with Gasteiger partial charge in [-0.1, -0.05) is 0 Å². The van der Waals surface area contributed by atoms with E-state index in [0.29, 0.717) is 34.6 Å². The Bertz CT molecular complexity index is 673. The predicted octanol–water partition coefficient (Wildman–Crippen LogP) is 1.46. The summed E-state index contributed by atoms with van der Waals surface area (Å²) >= 11 is 0. The number of rotatable bonds is 6. The molecule has 2 rings (SSSR count). The summed E-state index contributed by atoms with van der Waals surface area (Å²) in [6, 6.07) is 3.19. The van der Waals surface area contributed by atoms with Crippen LogP contribution in [0.15, 0.2) is 24.5 Å². The average Bonchev–Trinajstić information content (AvgIpc) is 2.52. The minimum atomic E-state index is 0.145. The molecule has 0 aliphatic rings. The van der Waals surface area contributed by atoms with Gasteiger partial charge in [0, 0.05) is 29.6 Å². The van der Waals surface area contributed by atoms with Crippen molar-refractivity contribution in [1.29, 1.82) is 5.41 Å². The van der Waals surface area contributed by atoms with E-state index in [-0.39, 0.29) is 12.4 Å². The standard InChI is InChI=1S/C14H14N4O3/c1-20-13-4-10(7-19)12(6-18-13)21-8-9-2-3-17-14(16)11(9)5-15/h2-7,15H,8H2,1H3,(H2,16,17). The van der Waals surface area contributed by atoms with E-state index < -0.39 is 0 Å². The number of nitrogen functional groups attached to an aromatic ring is 1. The van der Waals surface area contributed by atoms with Crippen LogP contribution in [0.3, 0.4) is 0 Å². The summed E-state index contributed by atoms with van der Waals surface area (Å²) in [6.07, 6.45) is 4.73. The minimum absolute atomic E-state index is 0.145. The Kier molecular flexibility index (Phi) is 4.45. The Balaban J connectivity index is 2.22. The van der Waals surface area contributed by atoms with Gasteiger partial charge in [-0.2, -0.15) is 0 Å². The fraction of sp³-hybridized carbons (Fsp3) is 0.143. The molecular weight excluding hydrogens is 272 g/mol. The number of methoxy groups -OCH3 is 1. The monoisotopic (exact) mass is 286 g/mol. The lowest BCUT2D eigenvalue weighted by molar-refractivity contribution is 0.111. The van der Waals surface area contributed by atoms with Crippen LogP contribution in [0.5, 0.6) is 11.6 Å². The van der Waals surface area contributed by atoms with Crippen molar-refractivity contribution in [3.63, 3.8) is 0 Å². The summed E-state index contributed by atoms with van der Waals surface area (Å²) in [5.74, 6) is 0.921. The number of carbonyl (C=O) groups excluding carboxylic acids is 1. The Morgan fingerprint density at radius 2 is 2.24 bits per heavy atom. The number of pyridine rings is 2. The number of carbonyl (C=O) groups is 1. The van der Waals surface area contributed by atoms with Gasteiger partial charge in [-0.15, -0.1) is 0 Å². The molecule has 0 bridgehead atoms. The van der Waals surface area contributed by atoms with E-state index >= 15 is 0 Å². The normalized spacial score (nSPS) is 9.95. The molecule has 0 radical (unpaired) electrons. The number of hydrogen-bond donors (Lipinski definition) is 2. The van der Waals surface area contributed by atoms with Gasteiger partial charge in [0.25, 0.3) is 0 Å². The quantitative estimate of drug-likeness (QED) is 0.614. The van der Waals surface area contributed by atoms with Gasteiger partial charge in [0.1, 0.15) is 18.2 Å². The van der Waals surface area contributed by atoms with Crippen molar-refractivity contribution in [3.8, 4) is 11.6 Å². The molecule has 2 aromatic heterocycles. The van der Waals surface area contributed by atoms with Crippen molar-refractivity contribution in [1.82, 2.24) is 9.97 Å². The first kappa shape index (κ1) is 14.4. The second-order valence-electron chi connectivity index (χ2n) is 4.08. The summed E-state index contributed by atoms with van der Waals surface area (Å²) in [4.78, 5) is 19.0. The molecule has 0 fully saturated rings. The number of hydrogen-bond acceptors (Lipinski definition) is 7. The molecule has 0 aromatic carbocycles. The lowest BCUT2D eigenvalue weighted by Crippen LogP contribution is -2.06. The molecule has 2 aromatic rings. The Hall–Kier alpha value is -2.96. The molecule has 3 N–H and O–H groups in total. The molecule has 7 heteroatoms. The first-order chi connectivity index (χ1) is 10.2. The summed E-state index contributed by atoms with van der Waals surface area (Å²) < 4.78 is 10.5. The molecule has 0 unspecified atom stereocenters. The third-order valence-corrected chi connectivity index (χ3v) is 2.85. The van der Waals surface area contributed by atoms with Crippen molar-refractivity contribution < 1.29 is 14.3 Å². The van der Waals surface area contributed by atoms with Crippen molar-refractivity contribution in [2.45, 2.75) is 6.61 Å². The summed E-state index contributed by atoms with van der Waals surface area (Å²) in [5.41, 5.74) is 7.22. The van der Waals surface area contributed by atoms with Crippen LogP contribution in [0.2, 0.25) is 0 Å². The van der Waals surface area contributed by atoms with Gasteiger partial charge in [-0.25, -0.2) is 9.97 Å². The summed E-state index contributed by atoms with van der Waals surface area (Å²) in [6.45, 7) is 0.145. The smallest absolute Gasteiger partial charge is 0.213 e. The zero-order valence-corrected chi connectivity index (χ0v) is 11.4. The van der Waals surface area contributed by atoms with Crippen molar-refractivity contribution in [2.75, 3.05) is 12.8 Å². The van der Waals surface area contributed by atoms with Gasteiger partial charge >= 0.3 is 0 Å². The van der Waals surface area contributed by atoms with E-state index in [1.165, 1.54) is 25.6 Å². The van der Waals surface area contributed by atoms with Crippen LogP contribution in [0.4, 0.5) is 5.82 Å². The van der Waals surface area contributed by atoms with E-state index in [1.54, 1.807) is 6.07 Å². The second kappa shape index (κ2) is 6.47. The maximum atomic E-state index is 11.1. The molecule has 0 saturated carbocycles. The molecule has 0 aliphatic heterocycles. The van der Waals surface area contributed by atoms with Crippen LogP contribution in [0.1, 0.15) is 21.5 Å². The molecule has 7 nitrogen and oxygen atoms in total. The van der Waals surface area contributed by atoms with Crippen LogP contribution in [-0.4, -0.2) is 29.6 Å². The molecule has 21 heavy (non-hydrogen) atoms. The molecule has 2 heterocycles. The van der Waals surface area contributed by atoms with Gasteiger partial charge in [-0.05, 0) is 6.07 Å². The average molecular weight is 286 g/mol. The number of nitrogens with one attached hydrogen (secondary N) is 1. The predicted molar refractivity (Wildman–Crippen MR) is 77.0 cm³/mol. The number of nitrogens with two attached hydrogens (primary N) is 1. The largest absolute Gasteiger partial charge is 0.487 e. The fourth-order valence-corrected chi connectivity index (χ4v) is 1.74. The third-order valence-electron chi connectivity index (χ3n) is 2.85. The molecule has 0 spiro atoms. The van der Waals surface area contributed by atoms with Crippen LogP contribution in [-0.2, 0) is 6.61 Å². The van der Waals surface area contributed by atoms with Gasteiger partial charge in [0.05, 0.1) is 18.9 Å². The van der Waals surface area contributed by atoms with Gasteiger partial charge in [-0.3, -0.25) is 4.79 Å². The number of ether oxygens (including phenoxy) is 2. The van der Waals surface area contributed by atoms with Crippen LogP contribution in [0, 0.1) is 5.41 Å². The van der Waals surface area contributed by atoms with Crippen LogP contribution in [0.25, 0.3) is 0 Å². The first-order valence-electron chi connectivity index (χ1n) is 6.05. The summed E-state index contributed by atoms with van der Waals surface area (Å²) in [5, 5.41) is 7.35. The number of aldehydes is 1. The van der Waals surface area contributed by atoms with E-state index in [0.717, 1.165) is 6.21 Å². The highest BCUT2D eigenvalue weighted by atomic mass is 16.5. The van der Waals surface area contributed by atoms with Crippen LogP contribution >= 0.6 is 0 Å². The molecule has 0 aliphatic carbocycles. The van der Waals surface area contributed by atoms with Gasteiger partial charge < -0.3 is 20.6 Å². The van der Waals surface area contributed by atoms with E-state index in [1.807, 2.05) is 0 Å². The zero-order chi connectivity index (χ0) is 15.2. The summed E-state index contributed by atoms with van der Waals surface area (Å²) in [7, 11) is 1.47. The number of anilines is 1. The first-order valence-corrected chi connectivity index (χ1v) is 6.05. The number of aromatic nitrogens is 2. The second-order valence-corrected chi connectivity index (χ2v) is 4.08. The van der Waals surface area contributed by atoms with E-state index in [4.69, 9.17) is 20.6 Å². The highest BCUT2D eigenvalue weighted by Gasteiger charge is 2.09. The maximum Gasteiger partial charge on any atom is 0.213 e. The Morgan fingerprint density at radius 1 is 1.43 bits per heavy atom. The highest BCUT2D eigenvalue weighted by Crippen LogP contribution is 2.22. The van der Waals surface area contributed by atoms with Crippen molar-refractivity contribution in [3.05, 3.63) is 41.2 Å². The molecule has 0 atom stereocenters. The van der Waals surface area contributed by atoms with Gasteiger partial charge in [0.2, 0.25) is 5.88 Å². The Labute approximate surface area is 121 Å². The van der Waals surface area contributed by atoms with Crippen molar-refractivity contribution in [2.24, 2.45) is 0 Å². The lowest BCUT2D eigenvalue weighted by atomic mass is 10.1. The number of nitrogens with zero attached hydrogens (tertiary/aromatic N) is 2. The third kappa shape index (κ3) is 3.14.